The van der Waals surface area contributed by atoms with Gasteiger partial charge in [0.15, 0.2) is 0 Å². The molecule has 2 aromatic rings. The zero-order chi connectivity index (χ0) is 11.5. The van der Waals surface area contributed by atoms with E-state index in [1.807, 2.05) is 31.2 Å². The first-order valence-corrected chi connectivity index (χ1v) is 5.45. The number of rotatable bonds is 3. The summed E-state index contributed by atoms with van der Waals surface area (Å²) in [6.45, 7) is 2.68. The minimum Gasteiger partial charge on any atom is -0.493 e. The quantitative estimate of drug-likeness (QED) is 0.790. The summed E-state index contributed by atoms with van der Waals surface area (Å²) in [4.78, 5) is 11.7. The minimum absolute atomic E-state index is 0.0372. The van der Waals surface area contributed by atoms with Gasteiger partial charge in [-0.25, -0.2) is 0 Å². The van der Waals surface area contributed by atoms with Crippen LogP contribution in [0.2, 0.25) is 0 Å². The molecule has 0 aliphatic rings. The Morgan fingerprint density at radius 1 is 1.31 bits per heavy atom. The molecule has 2 rings (SSSR count). The second-order valence-corrected chi connectivity index (χ2v) is 3.77. The molecule has 0 spiro atoms. The molecule has 0 radical (unpaired) electrons. The van der Waals surface area contributed by atoms with Crippen molar-refractivity contribution in [1.82, 2.24) is 4.57 Å². The van der Waals surface area contributed by atoms with Gasteiger partial charge >= 0.3 is 0 Å². The van der Waals surface area contributed by atoms with Crippen molar-refractivity contribution in [3.05, 3.63) is 40.7 Å². The second-order valence-electron chi connectivity index (χ2n) is 3.77. The first kappa shape index (κ1) is 10.7. The van der Waals surface area contributed by atoms with Gasteiger partial charge in [0.25, 0.3) is 5.56 Å². The lowest BCUT2D eigenvalue weighted by Gasteiger charge is -2.10. The van der Waals surface area contributed by atoms with E-state index in [-0.39, 0.29) is 5.56 Å². The maximum absolute atomic E-state index is 11.7. The molecule has 0 unspecified atom stereocenters. The Kier molecular flexibility index (Phi) is 2.95. The van der Waals surface area contributed by atoms with Crippen LogP contribution >= 0.6 is 0 Å². The fraction of sp³-hybridized carbons (Fsp3) is 0.308. The van der Waals surface area contributed by atoms with Crippen molar-refractivity contribution in [3.8, 4) is 5.75 Å². The van der Waals surface area contributed by atoms with Gasteiger partial charge in [0.2, 0.25) is 0 Å². The third kappa shape index (κ3) is 1.81. The van der Waals surface area contributed by atoms with E-state index in [4.69, 9.17) is 4.74 Å². The van der Waals surface area contributed by atoms with E-state index in [2.05, 4.69) is 0 Å². The molecule has 1 aromatic carbocycles. The van der Waals surface area contributed by atoms with Crippen molar-refractivity contribution in [2.45, 2.75) is 13.3 Å². The summed E-state index contributed by atoms with van der Waals surface area (Å²) in [5, 5.41) is 0.984. The number of aromatic nitrogens is 1. The highest BCUT2D eigenvalue weighted by atomic mass is 16.5. The minimum atomic E-state index is -0.0372. The van der Waals surface area contributed by atoms with Crippen LogP contribution in [0.4, 0.5) is 0 Å². The van der Waals surface area contributed by atoms with Crippen LogP contribution in [0.3, 0.4) is 0 Å². The molecule has 0 aliphatic carbocycles. The molecular formula is C13H15NO2. The van der Waals surface area contributed by atoms with E-state index in [0.29, 0.717) is 12.4 Å². The van der Waals surface area contributed by atoms with Crippen LogP contribution in [-0.2, 0) is 7.05 Å². The standard InChI is InChI=1S/C13H15NO2/c1-3-8-16-12-9-13(15)14(2)11-7-5-4-6-10(11)12/h4-7,9H,3,8H2,1-2H3. The summed E-state index contributed by atoms with van der Waals surface area (Å²) in [5.74, 6) is 0.681. The fourth-order valence-corrected chi connectivity index (χ4v) is 1.71. The Balaban J connectivity index is 2.65. The van der Waals surface area contributed by atoms with E-state index in [9.17, 15) is 4.79 Å². The van der Waals surface area contributed by atoms with E-state index in [1.165, 1.54) is 0 Å². The Bertz CT molecular complexity index is 557. The average molecular weight is 217 g/mol. The Morgan fingerprint density at radius 3 is 2.81 bits per heavy atom. The van der Waals surface area contributed by atoms with Gasteiger partial charge < -0.3 is 9.30 Å². The number of pyridine rings is 1. The molecule has 84 valence electrons. The van der Waals surface area contributed by atoms with Crippen LogP contribution in [-0.4, -0.2) is 11.2 Å². The first-order valence-electron chi connectivity index (χ1n) is 5.45. The molecule has 3 nitrogen and oxygen atoms in total. The van der Waals surface area contributed by atoms with Gasteiger partial charge in [0.1, 0.15) is 5.75 Å². The third-order valence-corrected chi connectivity index (χ3v) is 2.58. The zero-order valence-corrected chi connectivity index (χ0v) is 9.56. The maximum Gasteiger partial charge on any atom is 0.254 e. The highest BCUT2D eigenvalue weighted by Gasteiger charge is 2.06. The smallest absolute Gasteiger partial charge is 0.254 e. The Labute approximate surface area is 94.3 Å². The molecule has 1 heterocycles. The van der Waals surface area contributed by atoms with E-state index in [1.54, 1.807) is 17.7 Å². The fourth-order valence-electron chi connectivity index (χ4n) is 1.71. The van der Waals surface area contributed by atoms with Gasteiger partial charge in [-0.15, -0.1) is 0 Å². The summed E-state index contributed by atoms with van der Waals surface area (Å²) in [5.41, 5.74) is 0.867. The number of aryl methyl sites for hydroxylation is 1. The maximum atomic E-state index is 11.7. The summed E-state index contributed by atoms with van der Waals surface area (Å²) in [6.07, 6.45) is 0.934. The number of fused-ring (bicyclic) bond motifs is 1. The predicted molar refractivity (Wildman–Crippen MR) is 65.0 cm³/mol. The number of benzene rings is 1. The average Bonchev–Trinajstić information content (AvgIpc) is 2.32. The van der Waals surface area contributed by atoms with Crippen LogP contribution in [0.25, 0.3) is 10.9 Å². The number of nitrogens with zero attached hydrogens (tertiary/aromatic N) is 1. The van der Waals surface area contributed by atoms with Crippen molar-refractivity contribution in [2.75, 3.05) is 6.61 Å². The van der Waals surface area contributed by atoms with Crippen molar-refractivity contribution in [3.63, 3.8) is 0 Å². The summed E-state index contributed by atoms with van der Waals surface area (Å²) in [6, 6.07) is 9.32. The van der Waals surface area contributed by atoms with E-state index >= 15 is 0 Å². The molecule has 0 atom stereocenters. The Hall–Kier alpha value is -1.77. The molecule has 3 heteroatoms. The van der Waals surface area contributed by atoms with Crippen LogP contribution in [0, 0.1) is 0 Å². The normalized spacial score (nSPS) is 10.6. The highest BCUT2D eigenvalue weighted by Crippen LogP contribution is 2.22. The first-order chi connectivity index (χ1) is 7.74. The lowest BCUT2D eigenvalue weighted by atomic mass is 10.2. The largest absolute Gasteiger partial charge is 0.493 e. The van der Waals surface area contributed by atoms with Crippen LogP contribution in [0.5, 0.6) is 5.75 Å². The molecule has 0 saturated heterocycles. The van der Waals surface area contributed by atoms with Gasteiger partial charge in [-0.1, -0.05) is 19.1 Å². The van der Waals surface area contributed by atoms with Gasteiger partial charge in [0, 0.05) is 18.5 Å². The molecule has 0 fully saturated rings. The van der Waals surface area contributed by atoms with Crippen LogP contribution in [0.15, 0.2) is 35.1 Å². The highest BCUT2D eigenvalue weighted by molar-refractivity contribution is 5.85. The molecule has 0 bridgehead atoms. The van der Waals surface area contributed by atoms with E-state index in [0.717, 1.165) is 17.3 Å². The van der Waals surface area contributed by atoms with Crippen LogP contribution < -0.4 is 10.3 Å². The SMILES string of the molecule is CCCOc1cc(=O)n(C)c2ccccc12. The molecular weight excluding hydrogens is 202 g/mol. The van der Waals surface area contributed by atoms with Crippen molar-refractivity contribution in [1.29, 1.82) is 0 Å². The van der Waals surface area contributed by atoms with Gasteiger partial charge in [-0.2, -0.15) is 0 Å². The molecule has 0 aliphatic heterocycles. The number of hydrogen-bond donors (Lipinski definition) is 0. The van der Waals surface area contributed by atoms with Crippen molar-refractivity contribution >= 4 is 10.9 Å². The Morgan fingerprint density at radius 2 is 2.06 bits per heavy atom. The predicted octanol–water partition coefficient (Wildman–Crippen LogP) is 2.33. The summed E-state index contributed by atoms with van der Waals surface area (Å²) < 4.78 is 7.22. The van der Waals surface area contributed by atoms with Gasteiger partial charge in [-0.05, 0) is 18.6 Å². The van der Waals surface area contributed by atoms with Crippen LogP contribution in [0.1, 0.15) is 13.3 Å². The summed E-state index contributed by atoms with van der Waals surface area (Å²) in [7, 11) is 1.77. The number of ether oxygens (including phenoxy) is 1. The lowest BCUT2D eigenvalue weighted by molar-refractivity contribution is 0.320. The second kappa shape index (κ2) is 4.39. The lowest BCUT2D eigenvalue weighted by Crippen LogP contribution is -2.16. The van der Waals surface area contributed by atoms with E-state index < -0.39 is 0 Å². The van der Waals surface area contributed by atoms with Crippen molar-refractivity contribution in [2.24, 2.45) is 7.05 Å². The topological polar surface area (TPSA) is 31.2 Å². The van der Waals surface area contributed by atoms with Gasteiger partial charge in [-0.3, -0.25) is 4.79 Å². The molecule has 0 amide bonds. The molecule has 0 N–H and O–H groups in total. The molecule has 16 heavy (non-hydrogen) atoms. The van der Waals surface area contributed by atoms with Gasteiger partial charge in [0.05, 0.1) is 12.1 Å². The van der Waals surface area contributed by atoms with Crippen molar-refractivity contribution < 1.29 is 4.74 Å². The third-order valence-electron chi connectivity index (χ3n) is 2.58. The molecule has 0 saturated carbocycles. The zero-order valence-electron chi connectivity index (χ0n) is 9.56. The monoisotopic (exact) mass is 217 g/mol. The number of para-hydroxylation sites is 1. The summed E-state index contributed by atoms with van der Waals surface area (Å²) >= 11 is 0. The number of hydrogen-bond acceptors (Lipinski definition) is 2. The molecule has 1 aromatic heterocycles.